The topological polar surface area (TPSA) is 65.7 Å². The summed E-state index contributed by atoms with van der Waals surface area (Å²) in [5.41, 5.74) is 1.13. The first kappa shape index (κ1) is 14.0. The molecule has 2 aromatic heterocycles. The molecule has 6 nitrogen and oxygen atoms in total. The highest BCUT2D eigenvalue weighted by Gasteiger charge is 2.18. The zero-order valence-electron chi connectivity index (χ0n) is 12.6. The third-order valence-electron chi connectivity index (χ3n) is 3.63. The Kier molecular flexibility index (Phi) is 3.16. The Balaban J connectivity index is 1.92. The van der Waals surface area contributed by atoms with Crippen LogP contribution in [0.3, 0.4) is 0 Å². The molecule has 0 unspecified atom stereocenters. The van der Waals surface area contributed by atoms with Crippen LogP contribution in [-0.4, -0.2) is 22.2 Å². The quantitative estimate of drug-likeness (QED) is 0.679. The summed E-state index contributed by atoms with van der Waals surface area (Å²) >= 11 is 1.58. The van der Waals surface area contributed by atoms with Crippen LogP contribution in [0.1, 0.15) is 17.6 Å². The molecule has 0 atom stereocenters. The highest BCUT2D eigenvalue weighted by Crippen LogP contribution is 2.34. The molecule has 3 aromatic rings. The molecule has 0 fully saturated rings. The highest BCUT2D eigenvalue weighted by atomic mass is 32.1. The molecule has 0 saturated heterocycles. The Bertz CT molecular complexity index is 990. The minimum absolute atomic E-state index is 0.161. The second kappa shape index (κ2) is 5.20. The van der Waals surface area contributed by atoms with E-state index in [9.17, 15) is 4.79 Å². The number of rotatable bonds is 2. The van der Waals surface area contributed by atoms with E-state index in [0.29, 0.717) is 28.2 Å². The number of hydrogen-bond acceptors (Lipinski definition) is 6. The number of nitrogens with zero attached hydrogens (tertiary/aromatic N) is 3. The van der Waals surface area contributed by atoms with Crippen molar-refractivity contribution in [2.45, 2.75) is 13.8 Å². The number of aromatic nitrogens is 2. The van der Waals surface area contributed by atoms with Gasteiger partial charge in [0.2, 0.25) is 6.79 Å². The Morgan fingerprint density at radius 3 is 2.87 bits per heavy atom. The van der Waals surface area contributed by atoms with Gasteiger partial charge in [-0.2, -0.15) is 9.78 Å². The molecular weight excluding hydrogens is 314 g/mol. The zero-order valence-corrected chi connectivity index (χ0v) is 13.4. The number of hydrogen-bond donors (Lipinski definition) is 0. The molecule has 0 amide bonds. The van der Waals surface area contributed by atoms with Gasteiger partial charge in [-0.1, -0.05) is 6.07 Å². The Labute approximate surface area is 135 Å². The first-order valence-electron chi connectivity index (χ1n) is 7.06. The summed E-state index contributed by atoms with van der Waals surface area (Å²) in [5.74, 6) is 1.70. The predicted molar refractivity (Wildman–Crippen MR) is 88.8 cm³/mol. The fourth-order valence-corrected chi connectivity index (χ4v) is 3.15. The van der Waals surface area contributed by atoms with E-state index in [0.717, 1.165) is 10.6 Å². The monoisotopic (exact) mass is 327 g/mol. The van der Waals surface area contributed by atoms with Crippen LogP contribution in [0.2, 0.25) is 0 Å². The van der Waals surface area contributed by atoms with Gasteiger partial charge >= 0.3 is 0 Å². The second-order valence-electron chi connectivity index (χ2n) is 5.16. The predicted octanol–water partition coefficient (Wildman–Crippen LogP) is 2.77. The average Bonchev–Trinajstić information content (AvgIpc) is 3.20. The Morgan fingerprint density at radius 2 is 2.13 bits per heavy atom. The van der Waals surface area contributed by atoms with E-state index in [2.05, 4.69) is 10.1 Å². The third kappa shape index (κ3) is 2.29. The van der Waals surface area contributed by atoms with Gasteiger partial charge in [-0.15, -0.1) is 11.3 Å². The molecule has 0 saturated carbocycles. The molecule has 116 valence electrons. The lowest BCUT2D eigenvalue weighted by Gasteiger charge is -2.07. The second-order valence-corrected chi connectivity index (χ2v) is 6.11. The van der Waals surface area contributed by atoms with Crippen LogP contribution in [0.15, 0.2) is 39.5 Å². The summed E-state index contributed by atoms with van der Waals surface area (Å²) in [6.45, 7) is 3.80. The van der Waals surface area contributed by atoms with Gasteiger partial charge in [0.15, 0.2) is 11.5 Å². The van der Waals surface area contributed by atoms with E-state index in [1.54, 1.807) is 30.4 Å². The van der Waals surface area contributed by atoms with Crippen LogP contribution in [-0.2, 0) is 0 Å². The van der Waals surface area contributed by atoms with E-state index in [4.69, 9.17) is 9.47 Å². The van der Waals surface area contributed by atoms with Gasteiger partial charge in [-0.3, -0.25) is 4.79 Å². The minimum Gasteiger partial charge on any atom is -0.454 e. The van der Waals surface area contributed by atoms with Crippen LogP contribution in [0.5, 0.6) is 11.5 Å². The van der Waals surface area contributed by atoms with Crippen molar-refractivity contribution in [3.05, 3.63) is 50.7 Å². The van der Waals surface area contributed by atoms with Crippen molar-refractivity contribution in [1.82, 2.24) is 9.66 Å². The summed E-state index contributed by atoms with van der Waals surface area (Å²) < 4.78 is 12.0. The summed E-state index contributed by atoms with van der Waals surface area (Å²) in [6, 6.07) is 7.31. The average molecular weight is 327 g/mol. The van der Waals surface area contributed by atoms with Crippen molar-refractivity contribution in [2.24, 2.45) is 5.10 Å². The number of thiophene rings is 1. The lowest BCUT2D eigenvalue weighted by Crippen LogP contribution is -2.21. The molecule has 0 aliphatic carbocycles. The van der Waals surface area contributed by atoms with E-state index >= 15 is 0 Å². The van der Waals surface area contributed by atoms with Gasteiger partial charge in [0, 0.05) is 6.07 Å². The molecule has 4 rings (SSSR count). The van der Waals surface area contributed by atoms with Crippen molar-refractivity contribution in [3.8, 4) is 11.5 Å². The Morgan fingerprint density at radius 1 is 1.35 bits per heavy atom. The molecule has 7 heteroatoms. The molecule has 0 spiro atoms. The fraction of sp³-hybridized carbons (Fsp3) is 0.188. The summed E-state index contributed by atoms with van der Waals surface area (Å²) in [6.07, 6.45) is 0. The molecule has 1 aliphatic heterocycles. The van der Waals surface area contributed by atoms with Crippen molar-refractivity contribution >= 4 is 28.0 Å². The first-order chi connectivity index (χ1) is 11.1. The largest absolute Gasteiger partial charge is 0.454 e. The van der Waals surface area contributed by atoms with E-state index < -0.39 is 0 Å². The van der Waals surface area contributed by atoms with Crippen LogP contribution >= 0.6 is 11.3 Å². The number of ether oxygens (including phenoxy) is 2. The lowest BCUT2D eigenvalue weighted by molar-refractivity contribution is 0.174. The van der Waals surface area contributed by atoms with Crippen molar-refractivity contribution < 1.29 is 9.47 Å². The van der Waals surface area contributed by atoms with Gasteiger partial charge in [0.25, 0.3) is 5.56 Å². The number of benzene rings is 1. The van der Waals surface area contributed by atoms with E-state index in [-0.39, 0.29) is 12.4 Å². The van der Waals surface area contributed by atoms with Gasteiger partial charge in [-0.05, 0) is 31.4 Å². The molecule has 23 heavy (non-hydrogen) atoms. The van der Waals surface area contributed by atoms with Gasteiger partial charge in [-0.25, -0.2) is 4.98 Å². The van der Waals surface area contributed by atoms with Crippen LogP contribution in [0, 0.1) is 6.92 Å². The Hall–Kier alpha value is -2.67. The molecule has 1 aromatic carbocycles. The molecule has 0 radical (unpaired) electrons. The highest BCUT2D eigenvalue weighted by molar-refractivity contribution is 7.12. The molecule has 3 heterocycles. The molecule has 0 N–H and O–H groups in total. The van der Waals surface area contributed by atoms with E-state index in [1.807, 2.05) is 24.4 Å². The minimum atomic E-state index is -0.221. The van der Waals surface area contributed by atoms with Crippen molar-refractivity contribution in [2.75, 3.05) is 6.79 Å². The fourth-order valence-electron chi connectivity index (χ4n) is 2.48. The van der Waals surface area contributed by atoms with Gasteiger partial charge < -0.3 is 9.47 Å². The van der Waals surface area contributed by atoms with Crippen molar-refractivity contribution in [1.29, 1.82) is 0 Å². The lowest BCUT2D eigenvalue weighted by atomic mass is 10.2. The third-order valence-corrected chi connectivity index (χ3v) is 4.61. The number of aryl methyl sites for hydroxylation is 1. The van der Waals surface area contributed by atoms with Gasteiger partial charge in [0.05, 0.1) is 21.5 Å². The first-order valence-corrected chi connectivity index (χ1v) is 7.94. The summed E-state index contributed by atoms with van der Waals surface area (Å²) in [5, 5.41) is 6.88. The van der Waals surface area contributed by atoms with Gasteiger partial charge in [0.1, 0.15) is 5.82 Å². The number of fused-ring (bicyclic) bond motifs is 2. The van der Waals surface area contributed by atoms with Crippen LogP contribution in [0.4, 0.5) is 0 Å². The van der Waals surface area contributed by atoms with Crippen LogP contribution in [0.25, 0.3) is 10.9 Å². The SMILES string of the molecule is C/C(=N\n1c(C)nc2cc3c(cc2c1=O)OCO3)c1cccs1. The normalized spacial score (nSPS) is 13.7. The smallest absolute Gasteiger partial charge is 0.282 e. The maximum atomic E-state index is 12.8. The molecule has 0 bridgehead atoms. The molecular formula is C16H13N3O3S. The zero-order chi connectivity index (χ0) is 16.0. The maximum Gasteiger partial charge on any atom is 0.282 e. The maximum absolute atomic E-state index is 12.8. The van der Waals surface area contributed by atoms with E-state index in [1.165, 1.54) is 4.68 Å². The van der Waals surface area contributed by atoms with Crippen molar-refractivity contribution in [3.63, 3.8) is 0 Å². The molecule has 1 aliphatic rings. The summed E-state index contributed by atoms with van der Waals surface area (Å²) in [4.78, 5) is 18.3. The summed E-state index contributed by atoms with van der Waals surface area (Å²) in [7, 11) is 0. The van der Waals surface area contributed by atoms with Crippen LogP contribution < -0.4 is 15.0 Å². The standard InChI is InChI=1S/C16H13N3O3S/c1-9(15-4-3-5-23-15)18-19-10(2)17-12-7-14-13(21-8-22-14)6-11(12)16(19)20/h3-7H,8H2,1-2H3/b18-9+.